The molecule has 0 aliphatic carbocycles. The fourth-order valence-corrected chi connectivity index (χ4v) is 2.80. The van der Waals surface area contributed by atoms with Gasteiger partial charge in [-0.25, -0.2) is 0 Å². The molecule has 106 valence electrons. The Labute approximate surface area is 118 Å². The van der Waals surface area contributed by atoms with Gasteiger partial charge in [0.2, 0.25) is 0 Å². The third-order valence-electron chi connectivity index (χ3n) is 4.48. The number of hydrogen-bond acceptors (Lipinski definition) is 2. The zero-order valence-electron chi connectivity index (χ0n) is 13.0. The Hall–Kier alpha value is -0.860. The highest BCUT2D eigenvalue weighted by Crippen LogP contribution is 2.27. The maximum Gasteiger partial charge on any atom is 0.0320 e. The largest absolute Gasteiger partial charge is 0.315 e. The molecule has 2 heteroatoms. The minimum absolute atomic E-state index is 0.239. The van der Waals surface area contributed by atoms with E-state index in [-0.39, 0.29) is 5.41 Å². The van der Waals surface area contributed by atoms with Crippen LogP contribution in [0.4, 0.5) is 0 Å². The molecule has 1 aromatic carbocycles. The van der Waals surface area contributed by atoms with E-state index in [4.69, 9.17) is 0 Å². The van der Waals surface area contributed by atoms with Crippen molar-refractivity contribution in [2.24, 2.45) is 0 Å². The average Bonchev–Trinajstić information content (AvgIpc) is 2.90. The number of hydrogen-bond donors (Lipinski definition) is 1. The molecular weight excluding hydrogens is 232 g/mol. The first-order chi connectivity index (χ1) is 8.89. The summed E-state index contributed by atoms with van der Waals surface area (Å²) in [5, 5.41) is 3.45. The van der Waals surface area contributed by atoms with Gasteiger partial charge in [-0.05, 0) is 43.5 Å². The lowest BCUT2D eigenvalue weighted by Crippen LogP contribution is -2.35. The molecule has 0 radical (unpaired) electrons. The first-order valence-electron chi connectivity index (χ1n) is 7.42. The Morgan fingerprint density at radius 2 is 1.84 bits per heavy atom. The molecule has 19 heavy (non-hydrogen) atoms. The van der Waals surface area contributed by atoms with Crippen LogP contribution in [0.25, 0.3) is 0 Å². The van der Waals surface area contributed by atoms with E-state index in [0.717, 1.165) is 13.1 Å². The van der Waals surface area contributed by atoms with Crippen LogP contribution in [-0.4, -0.2) is 31.1 Å². The molecule has 1 aliphatic heterocycles. The molecule has 1 aliphatic rings. The number of likely N-dealkylation sites (N-methyl/N-ethyl adjacent to an activating group) is 1. The highest BCUT2D eigenvalue weighted by molar-refractivity contribution is 5.29. The van der Waals surface area contributed by atoms with Crippen LogP contribution < -0.4 is 5.32 Å². The Kier molecular flexibility index (Phi) is 4.32. The van der Waals surface area contributed by atoms with Gasteiger partial charge in [0.15, 0.2) is 0 Å². The molecule has 1 N–H and O–H groups in total. The van der Waals surface area contributed by atoms with E-state index in [1.54, 1.807) is 0 Å². The third kappa shape index (κ3) is 3.37. The molecule has 1 heterocycles. The molecular formula is C17H28N2. The number of nitrogens with zero attached hydrogens (tertiary/aromatic N) is 1. The van der Waals surface area contributed by atoms with Gasteiger partial charge in [0, 0.05) is 18.6 Å². The van der Waals surface area contributed by atoms with Gasteiger partial charge in [-0.15, -0.1) is 0 Å². The van der Waals surface area contributed by atoms with Crippen molar-refractivity contribution in [2.45, 2.75) is 51.6 Å². The van der Waals surface area contributed by atoms with Crippen LogP contribution in [0.5, 0.6) is 0 Å². The van der Waals surface area contributed by atoms with Crippen molar-refractivity contribution in [1.82, 2.24) is 10.2 Å². The van der Waals surface area contributed by atoms with E-state index in [2.05, 4.69) is 69.2 Å². The van der Waals surface area contributed by atoms with Gasteiger partial charge < -0.3 is 5.32 Å². The van der Waals surface area contributed by atoms with Gasteiger partial charge in [-0.1, -0.05) is 45.0 Å². The summed E-state index contributed by atoms with van der Waals surface area (Å²) in [5.74, 6) is 0. The summed E-state index contributed by atoms with van der Waals surface area (Å²) >= 11 is 0. The van der Waals surface area contributed by atoms with E-state index in [1.165, 1.54) is 17.5 Å². The summed E-state index contributed by atoms with van der Waals surface area (Å²) in [4.78, 5) is 2.51. The van der Waals surface area contributed by atoms with Crippen LogP contribution >= 0.6 is 0 Å². The summed E-state index contributed by atoms with van der Waals surface area (Å²) in [6.07, 6.45) is 1.26. The topological polar surface area (TPSA) is 15.3 Å². The highest BCUT2D eigenvalue weighted by Gasteiger charge is 2.24. The molecule has 2 nitrogen and oxygen atoms in total. The van der Waals surface area contributed by atoms with E-state index in [9.17, 15) is 0 Å². The first-order valence-corrected chi connectivity index (χ1v) is 7.42. The minimum Gasteiger partial charge on any atom is -0.315 e. The molecule has 2 atom stereocenters. The van der Waals surface area contributed by atoms with Crippen molar-refractivity contribution < 1.29 is 0 Å². The average molecular weight is 260 g/mol. The fraction of sp³-hybridized carbons (Fsp3) is 0.647. The maximum atomic E-state index is 3.45. The van der Waals surface area contributed by atoms with Crippen molar-refractivity contribution in [3.8, 4) is 0 Å². The summed E-state index contributed by atoms with van der Waals surface area (Å²) in [7, 11) is 2.25. The molecule has 2 rings (SSSR count). The Balaban J connectivity index is 2.08. The minimum atomic E-state index is 0.239. The van der Waals surface area contributed by atoms with Crippen LogP contribution in [0.2, 0.25) is 0 Å². The molecule has 2 unspecified atom stereocenters. The molecule has 0 aromatic heterocycles. The second-order valence-corrected chi connectivity index (χ2v) is 6.86. The fourth-order valence-electron chi connectivity index (χ4n) is 2.80. The smallest absolute Gasteiger partial charge is 0.0320 e. The lowest BCUT2D eigenvalue weighted by atomic mass is 9.86. The number of rotatable bonds is 3. The number of benzene rings is 1. The van der Waals surface area contributed by atoms with Gasteiger partial charge in [-0.3, -0.25) is 4.90 Å². The zero-order chi connectivity index (χ0) is 14.0. The predicted molar refractivity (Wildman–Crippen MR) is 82.6 cm³/mol. The maximum absolute atomic E-state index is 3.45. The van der Waals surface area contributed by atoms with E-state index < -0.39 is 0 Å². The molecule has 0 bridgehead atoms. The van der Waals surface area contributed by atoms with E-state index in [1.807, 2.05) is 0 Å². The van der Waals surface area contributed by atoms with Gasteiger partial charge in [0.05, 0.1) is 0 Å². The molecule has 0 spiro atoms. The molecule has 0 saturated carbocycles. The van der Waals surface area contributed by atoms with Gasteiger partial charge >= 0.3 is 0 Å². The monoisotopic (exact) mass is 260 g/mol. The molecule has 1 saturated heterocycles. The predicted octanol–water partition coefficient (Wildman–Crippen LogP) is 3.34. The van der Waals surface area contributed by atoms with Crippen LogP contribution in [0.1, 0.15) is 51.3 Å². The van der Waals surface area contributed by atoms with Crippen LogP contribution in [0.15, 0.2) is 24.3 Å². The van der Waals surface area contributed by atoms with Crippen molar-refractivity contribution >= 4 is 0 Å². The molecule has 1 aromatic rings. The van der Waals surface area contributed by atoms with Gasteiger partial charge in [0.1, 0.15) is 0 Å². The van der Waals surface area contributed by atoms with Crippen LogP contribution in [0, 0.1) is 0 Å². The van der Waals surface area contributed by atoms with Crippen LogP contribution in [-0.2, 0) is 5.41 Å². The second-order valence-electron chi connectivity index (χ2n) is 6.86. The second kappa shape index (κ2) is 5.64. The summed E-state index contributed by atoms with van der Waals surface area (Å²) in [6, 6.07) is 10.3. The molecule has 1 fully saturated rings. The summed E-state index contributed by atoms with van der Waals surface area (Å²) in [6.45, 7) is 11.4. The van der Waals surface area contributed by atoms with E-state index >= 15 is 0 Å². The summed E-state index contributed by atoms with van der Waals surface area (Å²) < 4.78 is 0. The molecule has 0 amide bonds. The SMILES string of the molecule is CC(c1ccc(C(C)(C)C)cc1)N(C)C1CCNC1. The Morgan fingerprint density at radius 1 is 1.21 bits per heavy atom. The lowest BCUT2D eigenvalue weighted by Gasteiger charge is -2.31. The standard InChI is InChI=1S/C17H28N2/c1-13(19(5)16-10-11-18-12-16)14-6-8-15(9-7-14)17(2,3)4/h6-9,13,16,18H,10-12H2,1-5H3. The highest BCUT2D eigenvalue weighted by atomic mass is 15.2. The zero-order valence-corrected chi connectivity index (χ0v) is 13.0. The van der Waals surface area contributed by atoms with Crippen molar-refractivity contribution in [1.29, 1.82) is 0 Å². The number of nitrogens with one attached hydrogen (secondary N) is 1. The lowest BCUT2D eigenvalue weighted by molar-refractivity contribution is 0.197. The normalized spacial score (nSPS) is 21.9. The van der Waals surface area contributed by atoms with Gasteiger partial charge in [0.25, 0.3) is 0 Å². The van der Waals surface area contributed by atoms with Crippen molar-refractivity contribution in [3.63, 3.8) is 0 Å². The van der Waals surface area contributed by atoms with Crippen LogP contribution in [0.3, 0.4) is 0 Å². The van der Waals surface area contributed by atoms with Crippen molar-refractivity contribution in [2.75, 3.05) is 20.1 Å². The Bertz CT molecular complexity index is 396. The van der Waals surface area contributed by atoms with E-state index in [0.29, 0.717) is 12.1 Å². The summed E-state index contributed by atoms with van der Waals surface area (Å²) in [5.41, 5.74) is 3.07. The van der Waals surface area contributed by atoms with Gasteiger partial charge in [-0.2, -0.15) is 0 Å². The Morgan fingerprint density at radius 3 is 2.32 bits per heavy atom. The third-order valence-corrected chi connectivity index (χ3v) is 4.48. The van der Waals surface area contributed by atoms with Crippen molar-refractivity contribution in [3.05, 3.63) is 35.4 Å². The first kappa shape index (κ1) is 14.5. The quantitative estimate of drug-likeness (QED) is 0.896.